The van der Waals surface area contributed by atoms with Crippen molar-refractivity contribution >= 4 is 46.9 Å². The number of anilines is 1. The van der Waals surface area contributed by atoms with E-state index in [0.717, 1.165) is 11.8 Å². The lowest BCUT2D eigenvalue weighted by molar-refractivity contribution is -0.113. The van der Waals surface area contributed by atoms with Crippen LogP contribution >= 0.6 is 23.4 Å². The Morgan fingerprint density at radius 1 is 1.14 bits per heavy atom. The van der Waals surface area contributed by atoms with E-state index >= 15 is 0 Å². The zero-order valence-electron chi connectivity index (χ0n) is 20.4. The minimum absolute atomic E-state index is 0.0574. The molecular weight excluding hydrogens is 520 g/mol. The first-order valence-electron chi connectivity index (χ1n) is 11.0. The first-order chi connectivity index (χ1) is 17.8. The average molecular weight is 545 g/mol. The minimum Gasteiger partial charge on any atom is -0.481 e. The van der Waals surface area contributed by atoms with Crippen LogP contribution in [0, 0.1) is 0 Å². The maximum atomic E-state index is 12.8. The first kappa shape index (κ1) is 27.8. The molecule has 3 rings (SSSR count). The number of halogens is 1. The maximum absolute atomic E-state index is 12.8. The summed E-state index contributed by atoms with van der Waals surface area (Å²) in [6.45, 7) is 5.98. The normalized spacial score (nSPS) is 11.4. The molecule has 37 heavy (non-hydrogen) atoms. The lowest BCUT2D eigenvalue weighted by Crippen LogP contribution is -2.18. The van der Waals surface area contributed by atoms with Gasteiger partial charge < -0.3 is 19.5 Å². The maximum Gasteiger partial charge on any atom is 0.339 e. The van der Waals surface area contributed by atoms with Crippen molar-refractivity contribution in [1.82, 2.24) is 14.8 Å². The summed E-state index contributed by atoms with van der Waals surface area (Å²) in [7, 11) is 2.46. The minimum atomic E-state index is -0.665. The number of allylic oxidation sites excluding steroid dienone is 1. The van der Waals surface area contributed by atoms with Crippen molar-refractivity contribution < 1.29 is 28.6 Å². The Morgan fingerprint density at radius 2 is 1.86 bits per heavy atom. The number of para-hydroxylation sites is 1. The SMILES string of the molecule is C=CCn1c(SCC(=O)Nc2cc(C(=O)OC)ccc2C(=O)OC)nnc1C(C)Oc1ccccc1Cl. The molecule has 1 heterocycles. The van der Waals surface area contributed by atoms with E-state index in [-0.39, 0.29) is 22.6 Å². The number of aromatic nitrogens is 3. The van der Waals surface area contributed by atoms with Gasteiger partial charge in [-0.2, -0.15) is 0 Å². The third-order valence-electron chi connectivity index (χ3n) is 5.01. The Hall–Kier alpha value is -3.83. The van der Waals surface area contributed by atoms with Crippen molar-refractivity contribution in [3.05, 3.63) is 77.1 Å². The molecule has 0 aliphatic carbocycles. The summed E-state index contributed by atoms with van der Waals surface area (Å²) in [5.74, 6) is -0.734. The van der Waals surface area contributed by atoms with E-state index in [4.69, 9.17) is 25.8 Å². The number of methoxy groups -OCH3 is 2. The first-order valence-corrected chi connectivity index (χ1v) is 12.3. The van der Waals surface area contributed by atoms with Gasteiger partial charge in [0.1, 0.15) is 5.75 Å². The lowest BCUT2D eigenvalue weighted by Gasteiger charge is -2.16. The van der Waals surface area contributed by atoms with Crippen LogP contribution in [-0.4, -0.2) is 52.6 Å². The second kappa shape index (κ2) is 12.9. The molecule has 0 aliphatic rings. The summed E-state index contributed by atoms with van der Waals surface area (Å²) in [6.07, 6.45) is 1.19. The zero-order chi connectivity index (χ0) is 26.9. The van der Waals surface area contributed by atoms with Crippen molar-refractivity contribution in [2.75, 3.05) is 25.3 Å². The summed E-state index contributed by atoms with van der Waals surface area (Å²) in [6, 6.07) is 11.2. The van der Waals surface area contributed by atoms with Gasteiger partial charge in [0.15, 0.2) is 17.1 Å². The van der Waals surface area contributed by atoms with E-state index < -0.39 is 23.9 Å². The molecule has 10 nitrogen and oxygen atoms in total. The van der Waals surface area contributed by atoms with E-state index in [0.29, 0.717) is 28.3 Å². The molecule has 12 heteroatoms. The second-order valence-corrected chi connectivity index (χ2v) is 8.86. The Bertz CT molecular complexity index is 1310. The molecule has 0 saturated carbocycles. The Balaban J connectivity index is 1.75. The highest BCUT2D eigenvalue weighted by Crippen LogP contribution is 2.29. The molecule has 1 atom stereocenters. The lowest BCUT2D eigenvalue weighted by atomic mass is 10.1. The van der Waals surface area contributed by atoms with Crippen LogP contribution in [0.15, 0.2) is 60.3 Å². The molecule has 0 fully saturated rings. The van der Waals surface area contributed by atoms with Gasteiger partial charge in [0.25, 0.3) is 0 Å². The molecule has 0 bridgehead atoms. The smallest absolute Gasteiger partial charge is 0.339 e. The van der Waals surface area contributed by atoms with Gasteiger partial charge in [0, 0.05) is 6.54 Å². The molecule has 1 amide bonds. The van der Waals surface area contributed by atoms with Crippen LogP contribution in [0.3, 0.4) is 0 Å². The third-order valence-corrected chi connectivity index (χ3v) is 6.29. The Kier molecular flexibility index (Phi) is 9.70. The Labute approximate surface area is 222 Å². The number of amides is 1. The fraction of sp³-hybridized carbons (Fsp3) is 0.240. The van der Waals surface area contributed by atoms with Crippen molar-refractivity contribution in [2.24, 2.45) is 0 Å². The van der Waals surface area contributed by atoms with Gasteiger partial charge >= 0.3 is 11.9 Å². The van der Waals surface area contributed by atoms with E-state index in [1.54, 1.807) is 28.8 Å². The van der Waals surface area contributed by atoms with E-state index in [1.807, 2.05) is 13.0 Å². The molecule has 0 radical (unpaired) electrons. The fourth-order valence-electron chi connectivity index (χ4n) is 3.29. The zero-order valence-corrected chi connectivity index (χ0v) is 22.0. The van der Waals surface area contributed by atoms with Crippen LogP contribution < -0.4 is 10.1 Å². The third kappa shape index (κ3) is 6.89. The highest BCUT2D eigenvalue weighted by molar-refractivity contribution is 7.99. The standard InChI is InChI=1S/C25H25ClN4O6S/c1-5-12-30-22(15(2)36-20-9-7-6-8-18(20)26)28-29-25(30)37-14-21(31)27-19-13-16(23(32)34-3)10-11-17(19)24(33)35-4/h5-11,13,15H,1,12,14H2,2-4H3,(H,27,31). The quantitative estimate of drug-likeness (QED) is 0.210. The highest BCUT2D eigenvalue weighted by atomic mass is 35.5. The second-order valence-electron chi connectivity index (χ2n) is 7.51. The van der Waals surface area contributed by atoms with Crippen LogP contribution in [0.4, 0.5) is 5.69 Å². The molecule has 3 aromatic rings. The predicted molar refractivity (Wildman–Crippen MR) is 139 cm³/mol. The van der Waals surface area contributed by atoms with Crippen LogP contribution in [0.5, 0.6) is 5.75 Å². The van der Waals surface area contributed by atoms with Gasteiger partial charge in [0.05, 0.1) is 41.8 Å². The molecule has 1 unspecified atom stereocenters. The van der Waals surface area contributed by atoms with Gasteiger partial charge in [0.2, 0.25) is 5.91 Å². The van der Waals surface area contributed by atoms with Gasteiger partial charge in [-0.25, -0.2) is 9.59 Å². The molecule has 1 N–H and O–H groups in total. The number of rotatable bonds is 11. The number of esters is 2. The Morgan fingerprint density at radius 3 is 2.54 bits per heavy atom. The van der Waals surface area contributed by atoms with Crippen LogP contribution in [0.2, 0.25) is 5.02 Å². The number of benzene rings is 2. The average Bonchev–Trinajstić information content (AvgIpc) is 3.30. The molecule has 2 aromatic carbocycles. The van der Waals surface area contributed by atoms with Crippen molar-refractivity contribution in [3.8, 4) is 5.75 Å². The van der Waals surface area contributed by atoms with Gasteiger partial charge in [-0.3, -0.25) is 9.36 Å². The molecule has 0 aliphatic heterocycles. The van der Waals surface area contributed by atoms with Crippen LogP contribution in [-0.2, 0) is 20.8 Å². The number of nitrogens with one attached hydrogen (secondary N) is 1. The highest BCUT2D eigenvalue weighted by Gasteiger charge is 2.22. The van der Waals surface area contributed by atoms with Crippen LogP contribution in [0.25, 0.3) is 0 Å². The monoisotopic (exact) mass is 544 g/mol. The van der Waals surface area contributed by atoms with E-state index in [2.05, 4.69) is 22.1 Å². The predicted octanol–water partition coefficient (Wildman–Crippen LogP) is 4.56. The summed E-state index contributed by atoms with van der Waals surface area (Å²) < 4.78 is 17.2. The van der Waals surface area contributed by atoms with Crippen molar-refractivity contribution in [3.63, 3.8) is 0 Å². The fourth-order valence-corrected chi connectivity index (χ4v) is 4.22. The summed E-state index contributed by atoms with van der Waals surface area (Å²) in [4.78, 5) is 36.8. The molecule has 0 saturated heterocycles. The van der Waals surface area contributed by atoms with E-state index in [9.17, 15) is 14.4 Å². The van der Waals surface area contributed by atoms with Gasteiger partial charge in [-0.1, -0.05) is 41.6 Å². The molecule has 194 valence electrons. The number of nitrogens with zero attached hydrogens (tertiary/aromatic N) is 3. The summed E-state index contributed by atoms with van der Waals surface area (Å²) in [5, 5.41) is 12.0. The van der Waals surface area contributed by atoms with Crippen molar-refractivity contribution in [2.45, 2.75) is 24.7 Å². The molecule has 0 spiro atoms. The van der Waals surface area contributed by atoms with Gasteiger partial charge in [-0.05, 0) is 37.3 Å². The topological polar surface area (TPSA) is 122 Å². The van der Waals surface area contributed by atoms with Gasteiger partial charge in [-0.15, -0.1) is 16.8 Å². The summed E-state index contributed by atoms with van der Waals surface area (Å²) in [5.41, 5.74) is 0.382. The van der Waals surface area contributed by atoms with Crippen molar-refractivity contribution in [1.29, 1.82) is 0 Å². The number of carbonyl (C=O) groups excluding carboxylic acids is 3. The molecule has 1 aromatic heterocycles. The number of ether oxygens (including phenoxy) is 3. The van der Waals surface area contributed by atoms with Crippen LogP contribution in [0.1, 0.15) is 39.6 Å². The number of thioether (sulfide) groups is 1. The largest absolute Gasteiger partial charge is 0.481 e. The molecular formula is C25H25ClN4O6S. The number of hydrogen-bond acceptors (Lipinski definition) is 9. The van der Waals surface area contributed by atoms with E-state index in [1.165, 1.54) is 32.4 Å². The summed E-state index contributed by atoms with van der Waals surface area (Å²) >= 11 is 7.34. The number of hydrogen-bond donors (Lipinski definition) is 1. The number of carbonyl (C=O) groups is 3.